The standard InChI is InChI=1S/C46H55N3O5/c1-30(43(51)37-8-4-3-5-9-37)49(2)28-40-23-42(36-14-12-31(29-50)13-15-36)54-44(53-40)38-18-16-35(17-19-38)41-11-7-6-10-39(41)27-47-45(52)48-46-24-32-20-33(25-46)22-34(21-32)26-46/h3-19,30,32-34,40,42-44,50-51H,20-29H2,1-2H3,(H2,47,48,52)/t30-,32?,33?,34?,40-,42+,43-,44+,46?/m1/s1. The number of aliphatic hydroxyl groups is 2. The Morgan fingerprint density at radius 3 is 2.11 bits per heavy atom. The predicted molar refractivity (Wildman–Crippen MR) is 210 cm³/mol. The topological polar surface area (TPSA) is 103 Å². The van der Waals surface area contributed by atoms with Crippen molar-refractivity contribution in [2.24, 2.45) is 17.8 Å². The summed E-state index contributed by atoms with van der Waals surface area (Å²) in [6, 6.07) is 34.2. The molecule has 8 nitrogen and oxygen atoms in total. The fraction of sp³-hybridized carbons (Fsp3) is 0.457. The minimum atomic E-state index is -0.629. The molecule has 5 fully saturated rings. The van der Waals surface area contributed by atoms with E-state index in [1.54, 1.807) is 0 Å². The summed E-state index contributed by atoms with van der Waals surface area (Å²) in [6.45, 7) is 3.11. The van der Waals surface area contributed by atoms with E-state index in [0.29, 0.717) is 19.5 Å². The highest BCUT2D eigenvalue weighted by Crippen LogP contribution is 2.55. The number of nitrogens with one attached hydrogen (secondary N) is 2. The summed E-state index contributed by atoms with van der Waals surface area (Å²) < 4.78 is 13.3. The van der Waals surface area contributed by atoms with Crippen molar-refractivity contribution in [1.82, 2.24) is 15.5 Å². The maximum atomic E-state index is 13.3. The Hall–Kier alpha value is -4.05. The minimum Gasteiger partial charge on any atom is -0.392 e. The van der Waals surface area contributed by atoms with Crippen LogP contribution in [-0.4, -0.2) is 52.4 Å². The maximum absolute atomic E-state index is 13.3. The third kappa shape index (κ3) is 8.14. The third-order valence-corrected chi connectivity index (χ3v) is 12.8. The molecular weight excluding hydrogens is 675 g/mol. The molecule has 9 rings (SSSR count). The predicted octanol–water partition coefficient (Wildman–Crippen LogP) is 8.21. The first-order valence-electron chi connectivity index (χ1n) is 19.9. The van der Waals surface area contributed by atoms with Gasteiger partial charge >= 0.3 is 6.03 Å². The van der Waals surface area contributed by atoms with E-state index in [9.17, 15) is 15.0 Å². The largest absolute Gasteiger partial charge is 0.392 e. The van der Waals surface area contributed by atoms with Gasteiger partial charge in [0, 0.05) is 36.7 Å². The summed E-state index contributed by atoms with van der Waals surface area (Å²) in [4.78, 5) is 15.4. The number of hydrogen-bond acceptors (Lipinski definition) is 6. The number of rotatable bonds is 12. The Labute approximate surface area is 319 Å². The van der Waals surface area contributed by atoms with Crippen molar-refractivity contribution in [1.29, 1.82) is 0 Å². The van der Waals surface area contributed by atoms with Crippen molar-refractivity contribution >= 4 is 6.03 Å². The number of nitrogens with zero attached hydrogens (tertiary/aromatic N) is 1. The second kappa shape index (κ2) is 16.0. The molecule has 4 aromatic rings. The molecule has 54 heavy (non-hydrogen) atoms. The molecule has 5 aliphatic rings. The smallest absolute Gasteiger partial charge is 0.315 e. The van der Waals surface area contributed by atoms with Gasteiger partial charge in [0.05, 0.1) is 24.9 Å². The second-order valence-corrected chi connectivity index (χ2v) is 16.7. The van der Waals surface area contributed by atoms with E-state index in [-0.39, 0.29) is 36.4 Å². The van der Waals surface area contributed by atoms with Gasteiger partial charge in [-0.3, -0.25) is 4.90 Å². The fourth-order valence-electron chi connectivity index (χ4n) is 10.2. The van der Waals surface area contributed by atoms with Crippen LogP contribution in [0.15, 0.2) is 103 Å². The van der Waals surface area contributed by atoms with Crippen LogP contribution in [0.1, 0.15) is 98.2 Å². The molecule has 4 aromatic carbocycles. The number of carbonyl (C=O) groups is 1. The number of ether oxygens (including phenoxy) is 2. The third-order valence-electron chi connectivity index (χ3n) is 12.8. The fourth-order valence-corrected chi connectivity index (χ4v) is 10.2. The van der Waals surface area contributed by atoms with Crippen LogP contribution in [0, 0.1) is 17.8 Å². The molecule has 1 heterocycles. The number of benzene rings is 4. The van der Waals surface area contributed by atoms with Crippen molar-refractivity contribution in [2.45, 2.75) is 101 Å². The summed E-state index contributed by atoms with van der Waals surface area (Å²) in [5, 5.41) is 27.4. The van der Waals surface area contributed by atoms with E-state index in [2.05, 4.69) is 51.9 Å². The average Bonchev–Trinajstić information content (AvgIpc) is 3.19. The van der Waals surface area contributed by atoms with Crippen molar-refractivity contribution in [2.75, 3.05) is 13.6 Å². The Bertz CT molecular complexity index is 1830. The summed E-state index contributed by atoms with van der Waals surface area (Å²) >= 11 is 0. The van der Waals surface area contributed by atoms with Crippen LogP contribution in [0.25, 0.3) is 11.1 Å². The van der Waals surface area contributed by atoms with E-state index in [4.69, 9.17) is 9.47 Å². The lowest BCUT2D eigenvalue weighted by molar-refractivity contribution is -0.253. The van der Waals surface area contributed by atoms with Crippen molar-refractivity contribution in [3.8, 4) is 11.1 Å². The first kappa shape index (κ1) is 36.9. The SMILES string of the molecule is C[C@H]([C@@H](O)c1ccccc1)N(C)C[C@H]1C[C@@H](c2ccc(CO)cc2)O[C@@H](c2ccc(-c3ccccc3CNC(=O)NC34CC5CC(CC(C5)C3)C4)cc2)O1. The average molecular weight is 730 g/mol. The van der Waals surface area contributed by atoms with Crippen LogP contribution >= 0.6 is 0 Å². The quantitative estimate of drug-likeness (QED) is 0.117. The highest BCUT2D eigenvalue weighted by atomic mass is 16.7. The molecule has 4 N–H and O–H groups in total. The molecule has 0 spiro atoms. The van der Waals surface area contributed by atoms with Gasteiger partial charge in [-0.2, -0.15) is 0 Å². The molecule has 0 aromatic heterocycles. The van der Waals surface area contributed by atoms with Crippen LogP contribution in [0.2, 0.25) is 0 Å². The first-order chi connectivity index (χ1) is 26.2. The Kier molecular flexibility index (Phi) is 10.9. The van der Waals surface area contributed by atoms with Crippen LogP contribution in [-0.2, 0) is 22.6 Å². The maximum Gasteiger partial charge on any atom is 0.315 e. The molecule has 0 unspecified atom stereocenters. The number of aliphatic hydroxyl groups excluding tert-OH is 2. The zero-order valence-electron chi connectivity index (χ0n) is 31.6. The van der Waals surface area contributed by atoms with E-state index in [1.807, 2.05) is 80.7 Å². The van der Waals surface area contributed by atoms with Gasteiger partial charge in [0.2, 0.25) is 0 Å². The Balaban J connectivity index is 0.951. The van der Waals surface area contributed by atoms with E-state index in [0.717, 1.165) is 76.0 Å². The van der Waals surface area contributed by atoms with Crippen LogP contribution in [0.4, 0.5) is 4.79 Å². The highest BCUT2D eigenvalue weighted by Gasteiger charge is 2.51. The Morgan fingerprint density at radius 2 is 1.44 bits per heavy atom. The van der Waals surface area contributed by atoms with Crippen molar-refractivity contribution in [3.63, 3.8) is 0 Å². The van der Waals surface area contributed by atoms with Crippen LogP contribution < -0.4 is 10.6 Å². The molecule has 4 bridgehead atoms. The summed E-state index contributed by atoms with van der Waals surface area (Å²) in [5.74, 6) is 2.34. The molecule has 284 valence electrons. The second-order valence-electron chi connectivity index (χ2n) is 16.7. The Morgan fingerprint density at radius 1 is 0.815 bits per heavy atom. The number of urea groups is 1. The van der Waals surface area contributed by atoms with Gasteiger partial charge in [-0.25, -0.2) is 4.79 Å². The number of likely N-dealkylation sites (N-methyl/N-ethyl adjacent to an activating group) is 1. The summed E-state index contributed by atoms with van der Waals surface area (Å²) in [5.41, 5.74) is 6.90. The molecule has 1 saturated heterocycles. The van der Waals surface area contributed by atoms with E-state index in [1.165, 1.54) is 19.3 Å². The number of hydrogen-bond donors (Lipinski definition) is 4. The lowest BCUT2D eigenvalue weighted by Crippen LogP contribution is -2.61. The van der Waals surface area contributed by atoms with Gasteiger partial charge in [0.15, 0.2) is 6.29 Å². The highest BCUT2D eigenvalue weighted by molar-refractivity contribution is 5.76. The molecule has 4 aliphatic carbocycles. The molecular formula is C46H55N3O5. The minimum absolute atomic E-state index is 0.00678. The van der Waals surface area contributed by atoms with Gasteiger partial charge in [0.1, 0.15) is 0 Å². The van der Waals surface area contributed by atoms with Gasteiger partial charge < -0.3 is 30.3 Å². The van der Waals surface area contributed by atoms with E-state index >= 15 is 0 Å². The molecule has 8 heteroatoms. The van der Waals surface area contributed by atoms with E-state index < -0.39 is 12.4 Å². The number of amides is 2. The molecule has 2 amide bonds. The van der Waals surface area contributed by atoms with Crippen molar-refractivity contribution in [3.05, 3.63) is 131 Å². The zero-order chi connectivity index (χ0) is 37.2. The van der Waals surface area contributed by atoms with Gasteiger partial charge in [0.25, 0.3) is 0 Å². The van der Waals surface area contributed by atoms with Crippen molar-refractivity contribution < 1.29 is 24.5 Å². The molecule has 1 aliphatic heterocycles. The van der Waals surface area contributed by atoms with Gasteiger partial charge in [-0.15, -0.1) is 0 Å². The normalized spacial score (nSPS) is 28.5. The number of carbonyl (C=O) groups excluding carboxylic acids is 1. The zero-order valence-corrected chi connectivity index (χ0v) is 31.6. The lowest BCUT2D eigenvalue weighted by atomic mass is 9.53. The molecule has 5 atom stereocenters. The summed E-state index contributed by atoms with van der Waals surface area (Å²) in [7, 11) is 2.03. The van der Waals surface area contributed by atoms with Gasteiger partial charge in [-0.1, -0.05) is 103 Å². The summed E-state index contributed by atoms with van der Waals surface area (Å²) in [6.07, 6.45) is 6.53. The van der Waals surface area contributed by atoms with Crippen LogP contribution in [0.3, 0.4) is 0 Å². The lowest BCUT2D eigenvalue weighted by Gasteiger charge is -2.56. The van der Waals surface area contributed by atoms with Gasteiger partial charge in [-0.05, 0) is 104 Å². The first-order valence-corrected chi connectivity index (χ1v) is 19.9. The monoisotopic (exact) mass is 729 g/mol. The molecule has 4 saturated carbocycles. The molecule has 0 radical (unpaired) electrons. The van der Waals surface area contributed by atoms with Crippen LogP contribution in [0.5, 0.6) is 0 Å².